The zero-order valence-electron chi connectivity index (χ0n) is 10.6. The first-order valence-corrected chi connectivity index (χ1v) is 6.95. The van der Waals surface area contributed by atoms with Crippen LogP contribution >= 0.6 is 0 Å². The van der Waals surface area contributed by atoms with Gasteiger partial charge >= 0.3 is 0 Å². The molecule has 0 saturated carbocycles. The number of hydrogen-bond donors (Lipinski definition) is 1. The maximum Gasteiger partial charge on any atom is 0.0632 e. The molecule has 2 aliphatic rings. The predicted molar refractivity (Wildman–Crippen MR) is 66.7 cm³/mol. The Morgan fingerprint density at radius 1 is 1.38 bits per heavy atom. The number of morpholine rings is 1. The standard InChI is InChI=1S/C13H26N2O/c1-2-5-13-6-3-4-8-15(13)10-12-11-16-9-7-14-12/h12-14H,2-11H2,1H3. The molecule has 2 atom stereocenters. The number of nitrogens with zero attached hydrogens (tertiary/aromatic N) is 1. The lowest BCUT2D eigenvalue weighted by Crippen LogP contribution is -2.52. The molecular weight excluding hydrogens is 200 g/mol. The van der Waals surface area contributed by atoms with Crippen molar-refractivity contribution in [1.29, 1.82) is 0 Å². The molecule has 2 aliphatic heterocycles. The molecule has 0 bridgehead atoms. The predicted octanol–water partition coefficient (Wildman–Crippen LogP) is 1.63. The fraction of sp³-hybridized carbons (Fsp3) is 1.00. The van der Waals surface area contributed by atoms with Crippen molar-refractivity contribution in [3.05, 3.63) is 0 Å². The second-order valence-corrected chi connectivity index (χ2v) is 5.16. The summed E-state index contributed by atoms with van der Waals surface area (Å²) in [6.07, 6.45) is 6.90. The highest BCUT2D eigenvalue weighted by Crippen LogP contribution is 2.21. The van der Waals surface area contributed by atoms with Crippen LogP contribution in [0.25, 0.3) is 0 Å². The summed E-state index contributed by atoms with van der Waals surface area (Å²) in [6, 6.07) is 1.40. The van der Waals surface area contributed by atoms with Crippen LogP contribution < -0.4 is 5.32 Å². The van der Waals surface area contributed by atoms with Crippen molar-refractivity contribution >= 4 is 0 Å². The molecule has 2 rings (SSSR count). The summed E-state index contributed by atoms with van der Waals surface area (Å²) in [5.74, 6) is 0. The summed E-state index contributed by atoms with van der Waals surface area (Å²) in [7, 11) is 0. The van der Waals surface area contributed by atoms with Crippen molar-refractivity contribution in [3.63, 3.8) is 0 Å². The fourth-order valence-electron chi connectivity index (χ4n) is 2.98. The van der Waals surface area contributed by atoms with E-state index in [4.69, 9.17) is 4.74 Å². The molecule has 0 radical (unpaired) electrons. The van der Waals surface area contributed by atoms with Crippen molar-refractivity contribution in [2.45, 2.75) is 51.1 Å². The second kappa shape index (κ2) is 6.58. The first-order chi connectivity index (χ1) is 7.90. The smallest absolute Gasteiger partial charge is 0.0632 e. The van der Waals surface area contributed by atoms with E-state index in [2.05, 4.69) is 17.1 Å². The molecule has 2 saturated heterocycles. The van der Waals surface area contributed by atoms with Gasteiger partial charge in [0.15, 0.2) is 0 Å². The largest absolute Gasteiger partial charge is 0.378 e. The topological polar surface area (TPSA) is 24.5 Å². The Kier molecular flexibility index (Phi) is 5.07. The van der Waals surface area contributed by atoms with Crippen molar-refractivity contribution in [3.8, 4) is 0 Å². The van der Waals surface area contributed by atoms with Crippen LogP contribution in [0, 0.1) is 0 Å². The van der Waals surface area contributed by atoms with Gasteiger partial charge < -0.3 is 10.1 Å². The molecule has 0 spiro atoms. The SMILES string of the molecule is CCCC1CCCCN1CC1COCCN1. The minimum Gasteiger partial charge on any atom is -0.378 e. The molecule has 3 nitrogen and oxygen atoms in total. The minimum atomic E-state index is 0.561. The third-order valence-electron chi connectivity index (χ3n) is 3.82. The average Bonchev–Trinajstić information content (AvgIpc) is 2.33. The monoisotopic (exact) mass is 226 g/mol. The van der Waals surface area contributed by atoms with Crippen LogP contribution in [0.1, 0.15) is 39.0 Å². The minimum absolute atomic E-state index is 0.561. The van der Waals surface area contributed by atoms with E-state index in [1.54, 1.807) is 0 Å². The van der Waals surface area contributed by atoms with Crippen LogP contribution in [0.15, 0.2) is 0 Å². The van der Waals surface area contributed by atoms with Gasteiger partial charge in [0.25, 0.3) is 0 Å². The van der Waals surface area contributed by atoms with E-state index in [1.807, 2.05) is 0 Å². The maximum absolute atomic E-state index is 5.53. The van der Waals surface area contributed by atoms with Gasteiger partial charge in [0.1, 0.15) is 0 Å². The number of nitrogens with one attached hydrogen (secondary N) is 1. The van der Waals surface area contributed by atoms with E-state index >= 15 is 0 Å². The van der Waals surface area contributed by atoms with Crippen LogP contribution in [-0.4, -0.2) is 49.8 Å². The molecule has 0 aromatic heterocycles. The van der Waals surface area contributed by atoms with Gasteiger partial charge in [0, 0.05) is 25.2 Å². The zero-order chi connectivity index (χ0) is 11.2. The van der Waals surface area contributed by atoms with Crippen LogP contribution in [-0.2, 0) is 4.74 Å². The van der Waals surface area contributed by atoms with Crippen molar-refractivity contribution in [2.75, 3.05) is 32.8 Å². The van der Waals surface area contributed by atoms with Gasteiger partial charge in [-0.1, -0.05) is 19.8 Å². The number of rotatable bonds is 4. The summed E-state index contributed by atoms with van der Waals surface area (Å²) in [6.45, 7) is 7.59. The van der Waals surface area contributed by atoms with Gasteiger partial charge in [-0.2, -0.15) is 0 Å². The molecule has 0 aliphatic carbocycles. The molecule has 2 fully saturated rings. The van der Waals surface area contributed by atoms with Crippen molar-refractivity contribution in [1.82, 2.24) is 10.2 Å². The molecule has 0 aromatic rings. The summed E-state index contributed by atoms with van der Waals surface area (Å²) < 4.78 is 5.53. The molecule has 16 heavy (non-hydrogen) atoms. The first-order valence-electron chi connectivity index (χ1n) is 6.95. The first kappa shape index (κ1) is 12.3. The van der Waals surface area contributed by atoms with Gasteiger partial charge in [0.05, 0.1) is 13.2 Å². The lowest BCUT2D eigenvalue weighted by Gasteiger charge is -2.39. The van der Waals surface area contributed by atoms with Crippen molar-refractivity contribution in [2.24, 2.45) is 0 Å². The molecule has 1 N–H and O–H groups in total. The Balaban J connectivity index is 1.80. The van der Waals surface area contributed by atoms with Gasteiger partial charge in [-0.3, -0.25) is 4.90 Å². The fourth-order valence-corrected chi connectivity index (χ4v) is 2.98. The van der Waals surface area contributed by atoms with E-state index in [9.17, 15) is 0 Å². The summed E-state index contributed by atoms with van der Waals surface area (Å²) in [5.41, 5.74) is 0. The van der Waals surface area contributed by atoms with Crippen molar-refractivity contribution < 1.29 is 4.74 Å². The lowest BCUT2D eigenvalue weighted by molar-refractivity contribution is 0.0452. The van der Waals surface area contributed by atoms with E-state index in [-0.39, 0.29) is 0 Å². The highest BCUT2D eigenvalue weighted by atomic mass is 16.5. The van der Waals surface area contributed by atoms with E-state index < -0.39 is 0 Å². The molecule has 0 amide bonds. The normalized spacial score (nSPS) is 32.8. The maximum atomic E-state index is 5.53. The second-order valence-electron chi connectivity index (χ2n) is 5.16. The van der Waals surface area contributed by atoms with E-state index in [0.717, 1.165) is 25.8 Å². The Morgan fingerprint density at radius 3 is 3.06 bits per heavy atom. The Bertz CT molecular complexity index is 190. The van der Waals surface area contributed by atoms with Crippen LogP contribution in [0.4, 0.5) is 0 Å². The molecule has 94 valence electrons. The van der Waals surface area contributed by atoms with Gasteiger partial charge in [-0.25, -0.2) is 0 Å². The number of piperidine rings is 1. The Hall–Kier alpha value is -0.120. The number of hydrogen-bond acceptors (Lipinski definition) is 3. The molecule has 3 heteroatoms. The summed E-state index contributed by atoms with van der Waals surface area (Å²) in [5, 5.41) is 3.56. The zero-order valence-corrected chi connectivity index (χ0v) is 10.6. The third kappa shape index (κ3) is 3.44. The van der Waals surface area contributed by atoms with E-state index in [1.165, 1.54) is 45.2 Å². The molecule has 2 unspecified atom stereocenters. The molecular formula is C13H26N2O. The molecule has 0 aromatic carbocycles. The van der Waals surface area contributed by atoms with E-state index in [0.29, 0.717) is 6.04 Å². The van der Waals surface area contributed by atoms with Gasteiger partial charge in [-0.05, 0) is 25.8 Å². The highest BCUT2D eigenvalue weighted by Gasteiger charge is 2.24. The van der Waals surface area contributed by atoms with Crippen LogP contribution in [0.2, 0.25) is 0 Å². The van der Waals surface area contributed by atoms with Crippen LogP contribution in [0.5, 0.6) is 0 Å². The number of likely N-dealkylation sites (tertiary alicyclic amines) is 1. The molecule has 2 heterocycles. The third-order valence-corrected chi connectivity index (χ3v) is 3.82. The highest BCUT2D eigenvalue weighted by molar-refractivity contribution is 4.82. The Morgan fingerprint density at radius 2 is 2.31 bits per heavy atom. The lowest BCUT2D eigenvalue weighted by atomic mass is 9.97. The van der Waals surface area contributed by atoms with Crippen LogP contribution in [0.3, 0.4) is 0 Å². The summed E-state index contributed by atoms with van der Waals surface area (Å²) >= 11 is 0. The van der Waals surface area contributed by atoms with Gasteiger partial charge in [0.2, 0.25) is 0 Å². The summed E-state index contributed by atoms with van der Waals surface area (Å²) in [4.78, 5) is 2.69. The average molecular weight is 226 g/mol. The Labute approximate surface area is 99.5 Å². The quantitative estimate of drug-likeness (QED) is 0.788. The number of ether oxygens (including phenoxy) is 1. The van der Waals surface area contributed by atoms with Gasteiger partial charge in [-0.15, -0.1) is 0 Å².